The highest BCUT2D eigenvalue weighted by molar-refractivity contribution is 5.94. The number of carbonyl (C=O) groups excluding carboxylic acids is 1. The van der Waals surface area contributed by atoms with E-state index in [1.54, 1.807) is 0 Å². The summed E-state index contributed by atoms with van der Waals surface area (Å²) in [5.74, 6) is 0.951. The van der Waals surface area contributed by atoms with Gasteiger partial charge in [-0.2, -0.15) is 5.10 Å². The summed E-state index contributed by atoms with van der Waals surface area (Å²) in [6.45, 7) is 9.74. The maximum absolute atomic E-state index is 12.8. The molecule has 7 nitrogen and oxygen atoms in total. The SMILES string of the molecule is Cc1cc(CN2CCN(C(=O)c3ccc(-n4nc(C)cc4C)cc3)CC2)on1. The van der Waals surface area contributed by atoms with Gasteiger partial charge in [0.05, 0.1) is 23.6 Å². The molecular formula is C21H25N5O2. The normalized spacial score (nSPS) is 15.2. The van der Waals surface area contributed by atoms with Crippen LogP contribution in [0.2, 0.25) is 0 Å². The van der Waals surface area contributed by atoms with Gasteiger partial charge < -0.3 is 9.42 Å². The summed E-state index contributed by atoms with van der Waals surface area (Å²) in [6, 6.07) is 11.7. The summed E-state index contributed by atoms with van der Waals surface area (Å²) in [7, 11) is 0. The van der Waals surface area contributed by atoms with E-state index in [4.69, 9.17) is 4.52 Å². The van der Waals surface area contributed by atoms with Gasteiger partial charge in [-0.3, -0.25) is 9.69 Å². The highest BCUT2D eigenvalue weighted by Gasteiger charge is 2.23. The fraction of sp³-hybridized carbons (Fsp3) is 0.381. The minimum absolute atomic E-state index is 0.0788. The van der Waals surface area contributed by atoms with Gasteiger partial charge in [0.25, 0.3) is 5.91 Å². The quantitative estimate of drug-likeness (QED) is 0.697. The Morgan fingerprint density at radius 2 is 1.71 bits per heavy atom. The predicted octanol–water partition coefficient (Wildman–Crippen LogP) is 2.74. The molecule has 146 valence electrons. The first-order valence-electron chi connectivity index (χ1n) is 9.57. The third kappa shape index (κ3) is 3.84. The monoisotopic (exact) mass is 379 g/mol. The van der Waals surface area contributed by atoms with Crippen molar-refractivity contribution < 1.29 is 9.32 Å². The minimum Gasteiger partial charge on any atom is -0.360 e. The molecule has 0 spiro atoms. The van der Waals surface area contributed by atoms with E-state index in [0.717, 1.165) is 48.2 Å². The second-order valence-corrected chi connectivity index (χ2v) is 7.39. The first kappa shape index (κ1) is 18.4. The Hall–Kier alpha value is -2.93. The van der Waals surface area contributed by atoms with Gasteiger partial charge in [0, 0.05) is 43.5 Å². The molecule has 7 heteroatoms. The maximum atomic E-state index is 12.8. The van der Waals surface area contributed by atoms with Crippen LogP contribution in [0.5, 0.6) is 0 Å². The second-order valence-electron chi connectivity index (χ2n) is 7.39. The van der Waals surface area contributed by atoms with Crippen LogP contribution in [0.25, 0.3) is 5.69 Å². The molecule has 1 aliphatic heterocycles. The molecule has 0 saturated carbocycles. The van der Waals surface area contributed by atoms with Crippen molar-refractivity contribution in [1.29, 1.82) is 0 Å². The van der Waals surface area contributed by atoms with E-state index in [9.17, 15) is 4.79 Å². The third-order valence-electron chi connectivity index (χ3n) is 5.08. The number of benzene rings is 1. The summed E-state index contributed by atoms with van der Waals surface area (Å²) < 4.78 is 7.19. The lowest BCUT2D eigenvalue weighted by Crippen LogP contribution is -2.48. The third-order valence-corrected chi connectivity index (χ3v) is 5.08. The van der Waals surface area contributed by atoms with Crippen LogP contribution in [0, 0.1) is 20.8 Å². The van der Waals surface area contributed by atoms with Crippen molar-refractivity contribution in [2.75, 3.05) is 26.2 Å². The first-order chi connectivity index (χ1) is 13.5. The van der Waals surface area contributed by atoms with E-state index in [1.165, 1.54) is 0 Å². The lowest BCUT2D eigenvalue weighted by atomic mass is 10.1. The number of aryl methyl sites for hydroxylation is 3. The molecule has 3 heterocycles. The molecule has 1 saturated heterocycles. The van der Waals surface area contributed by atoms with E-state index < -0.39 is 0 Å². The topological polar surface area (TPSA) is 67.4 Å². The van der Waals surface area contributed by atoms with Crippen LogP contribution in [-0.2, 0) is 6.54 Å². The number of amides is 1. The van der Waals surface area contributed by atoms with Gasteiger partial charge in [-0.25, -0.2) is 4.68 Å². The van der Waals surface area contributed by atoms with Crippen molar-refractivity contribution >= 4 is 5.91 Å². The van der Waals surface area contributed by atoms with Crippen molar-refractivity contribution in [3.63, 3.8) is 0 Å². The molecule has 4 rings (SSSR count). The first-order valence-corrected chi connectivity index (χ1v) is 9.57. The summed E-state index contributed by atoms with van der Waals surface area (Å²) in [4.78, 5) is 17.0. The minimum atomic E-state index is 0.0788. The van der Waals surface area contributed by atoms with Gasteiger partial charge in [-0.15, -0.1) is 0 Å². The molecule has 1 amide bonds. The van der Waals surface area contributed by atoms with Crippen LogP contribution in [0.4, 0.5) is 0 Å². The average Bonchev–Trinajstić information content (AvgIpc) is 3.26. The van der Waals surface area contributed by atoms with Gasteiger partial charge in [-0.1, -0.05) is 5.16 Å². The van der Waals surface area contributed by atoms with Crippen molar-refractivity contribution in [3.8, 4) is 5.69 Å². The Labute approximate surface area is 164 Å². The van der Waals surface area contributed by atoms with Gasteiger partial charge in [0.2, 0.25) is 0 Å². The maximum Gasteiger partial charge on any atom is 0.253 e. The van der Waals surface area contributed by atoms with Crippen molar-refractivity contribution in [2.24, 2.45) is 0 Å². The molecule has 1 aromatic carbocycles. The molecule has 0 bridgehead atoms. The van der Waals surface area contributed by atoms with Crippen molar-refractivity contribution in [1.82, 2.24) is 24.7 Å². The number of aromatic nitrogens is 3. The van der Waals surface area contributed by atoms with Crippen LogP contribution < -0.4 is 0 Å². The van der Waals surface area contributed by atoms with Crippen LogP contribution in [-0.4, -0.2) is 56.8 Å². The molecule has 1 fully saturated rings. The van der Waals surface area contributed by atoms with Crippen LogP contribution >= 0.6 is 0 Å². The Bertz CT molecular complexity index is 965. The molecule has 0 radical (unpaired) electrons. The Morgan fingerprint density at radius 3 is 2.29 bits per heavy atom. The Kier molecular flexibility index (Phi) is 5.00. The second kappa shape index (κ2) is 7.59. The molecule has 0 atom stereocenters. The highest BCUT2D eigenvalue weighted by atomic mass is 16.5. The van der Waals surface area contributed by atoms with Crippen molar-refractivity contribution in [3.05, 3.63) is 64.8 Å². The summed E-state index contributed by atoms with van der Waals surface area (Å²) in [6.07, 6.45) is 0. The zero-order chi connectivity index (χ0) is 19.7. The van der Waals surface area contributed by atoms with Gasteiger partial charge in [0.15, 0.2) is 5.76 Å². The van der Waals surface area contributed by atoms with E-state index in [1.807, 2.05) is 66.8 Å². The number of rotatable bonds is 4. The zero-order valence-electron chi connectivity index (χ0n) is 16.6. The summed E-state index contributed by atoms with van der Waals surface area (Å²) in [5.41, 5.74) is 4.64. The smallest absolute Gasteiger partial charge is 0.253 e. The predicted molar refractivity (Wildman–Crippen MR) is 105 cm³/mol. The number of nitrogens with zero attached hydrogens (tertiary/aromatic N) is 5. The van der Waals surface area contributed by atoms with E-state index in [2.05, 4.69) is 15.2 Å². The molecule has 3 aromatic rings. The fourth-order valence-electron chi connectivity index (χ4n) is 3.64. The molecule has 2 aromatic heterocycles. The fourth-order valence-corrected chi connectivity index (χ4v) is 3.64. The van der Waals surface area contributed by atoms with Crippen molar-refractivity contribution in [2.45, 2.75) is 27.3 Å². The average molecular weight is 379 g/mol. The largest absolute Gasteiger partial charge is 0.360 e. The zero-order valence-corrected chi connectivity index (χ0v) is 16.6. The molecule has 0 unspecified atom stereocenters. The number of piperazine rings is 1. The number of carbonyl (C=O) groups is 1. The van der Waals surface area contributed by atoms with E-state index in [-0.39, 0.29) is 5.91 Å². The van der Waals surface area contributed by atoms with Gasteiger partial charge in [0.1, 0.15) is 0 Å². The Morgan fingerprint density at radius 1 is 1.00 bits per heavy atom. The lowest BCUT2D eigenvalue weighted by Gasteiger charge is -2.34. The van der Waals surface area contributed by atoms with E-state index >= 15 is 0 Å². The summed E-state index contributed by atoms with van der Waals surface area (Å²) >= 11 is 0. The Balaban J connectivity index is 1.36. The molecular weight excluding hydrogens is 354 g/mol. The van der Waals surface area contributed by atoms with Crippen LogP contribution in [0.15, 0.2) is 40.9 Å². The van der Waals surface area contributed by atoms with Crippen LogP contribution in [0.1, 0.15) is 33.2 Å². The highest BCUT2D eigenvalue weighted by Crippen LogP contribution is 2.16. The molecule has 0 aliphatic carbocycles. The standard InChI is InChI=1S/C21H25N5O2/c1-15-12-17(3)26(22-15)19-6-4-18(5-7-19)21(27)25-10-8-24(9-11-25)14-20-13-16(2)23-28-20/h4-7,12-13H,8-11,14H2,1-3H3. The molecule has 0 N–H and O–H groups in total. The molecule has 28 heavy (non-hydrogen) atoms. The number of hydrogen-bond donors (Lipinski definition) is 0. The number of hydrogen-bond acceptors (Lipinski definition) is 5. The van der Waals surface area contributed by atoms with E-state index in [0.29, 0.717) is 18.7 Å². The van der Waals surface area contributed by atoms with Gasteiger partial charge in [-0.05, 0) is 51.1 Å². The lowest BCUT2D eigenvalue weighted by molar-refractivity contribution is 0.0617. The summed E-state index contributed by atoms with van der Waals surface area (Å²) in [5, 5.41) is 8.42. The molecule has 1 aliphatic rings. The van der Waals surface area contributed by atoms with Gasteiger partial charge >= 0.3 is 0 Å². The van der Waals surface area contributed by atoms with Crippen LogP contribution in [0.3, 0.4) is 0 Å².